The van der Waals surface area contributed by atoms with Gasteiger partial charge in [0.15, 0.2) is 11.5 Å². The van der Waals surface area contributed by atoms with Crippen LogP contribution >= 0.6 is 0 Å². The molecule has 0 fully saturated rings. The molecule has 0 saturated heterocycles. The Kier molecular flexibility index (Phi) is 4.07. The summed E-state index contributed by atoms with van der Waals surface area (Å²) in [4.78, 5) is 15.7. The highest BCUT2D eigenvalue weighted by Gasteiger charge is 2.07. The second-order valence-electron chi connectivity index (χ2n) is 5.79. The molecule has 0 spiro atoms. The monoisotopic (exact) mass is 343 g/mol. The fourth-order valence-electron chi connectivity index (χ4n) is 2.74. The highest BCUT2D eigenvalue weighted by molar-refractivity contribution is 5.88. The normalized spacial score (nSPS) is 10.7. The molecule has 0 atom stereocenters. The Bertz CT molecular complexity index is 1050. The molecule has 6 heteroatoms. The number of aromatic nitrogens is 3. The van der Waals surface area contributed by atoms with Crippen LogP contribution in [0, 0.1) is 0 Å². The highest BCUT2D eigenvalue weighted by atomic mass is 16.2. The van der Waals surface area contributed by atoms with Crippen molar-refractivity contribution < 1.29 is 4.79 Å². The summed E-state index contributed by atoms with van der Waals surface area (Å²) in [6.45, 7) is 0. The van der Waals surface area contributed by atoms with Crippen LogP contribution in [0.4, 0.5) is 10.6 Å². The Morgan fingerprint density at radius 3 is 2.31 bits per heavy atom. The van der Waals surface area contributed by atoms with Crippen molar-refractivity contribution >= 4 is 17.5 Å². The third-order valence-electron chi connectivity index (χ3n) is 4.08. The molecule has 4 aromatic rings. The zero-order chi connectivity index (χ0) is 17.9. The van der Waals surface area contributed by atoms with Crippen LogP contribution in [-0.4, -0.2) is 27.7 Å². The van der Waals surface area contributed by atoms with Gasteiger partial charge >= 0.3 is 6.03 Å². The predicted molar refractivity (Wildman–Crippen MR) is 102 cm³/mol. The first-order valence-electron chi connectivity index (χ1n) is 8.24. The summed E-state index contributed by atoms with van der Waals surface area (Å²) >= 11 is 0. The van der Waals surface area contributed by atoms with E-state index in [2.05, 4.69) is 57.1 Å². The molecule has 0 bridgehead atoms. The minimum absolute atomic E-state index is 0.315. The Morgan fingerprint density at radius 1 is 0.885 bits per heavy atom. The van der Waals surface area contributed by atoms with Crippen molar-refractivity contribution in [2.24, 2.45) is 0 Å². The Morgan fingerprint density at radius 2 is 1.58 bits per heavy atom. The molecule has 2 heterocycles. The van der Waals surface area contributed by atoms with Crippen LogP contribution < -0.4 is 10.6 Å². The lowest BCUT2D eigenvalue weighted by molar-refractivity contribution is 0.254. The number of nitrogens with one attached hydrogen (secondary N) is 2. The Labute approximate surface area is 150 Å². The molecule has 2 amide bonds. The molecule has 0 aliphatic carbocycles. The number of fused-ring (bicyclic) bond motifs is 1. The molecule has 128 valence electrons. The number of amides is 2. The highest BCUT2D eigenvalue weighted by Crippen LogP contribution is 2.24. The molecule has 0 aliphatic rings. The molecule has 2 N–H and O–H groups in total. The van der Waals surface area contributed by atoms with Crippen molar-refractivity contribution in [1.82, 2.24) is 19.9 Å². The molecule has 0 saturated carbocycles. The molecule has 2 aromatic heterocycles. The van der Waals surface area contributed by atoms with Gasteiger partial charge in [0.05, 0.1) is 11.9 Å². The van der Waals surface area contributed by atoms with Gasteiger partial charge in [0.2, 0.25) is 0 Å². The van der Waals surface area contributed by atoms with E-state index in [9.17, 15) is 4.79 Å². The summed E-state index contributed by atoms with van der Waals surface area (Å²) in [7, 11) is 1.56. The molecule has 6 nitrogen and oxygen atoms in total. The lowest BCUT2D eigenvalue weighted by Crippen LogP contribution is -2.24. The first-order valence-corrected chi connectivity index (χ1v) is 8.24. The van der Waals surface area contributed by atoms with E-state index in [1.807, 2.05) is 30.3 Å². The zero-order valence-corrected chi connectivity index (χ0v) is 14.2. The van der Waals surface area contributed by atoms with Gasteiger partial charge < -0.3 is 5.32 Å². The van der Waals surface area contributed by atoms with Crippen molar-refractivity contribution in [2.75, 3.05) is 12.4 Å². The quantitative estimate of drug-likeness (QED) is 0.594. The number of hydrogen-bond acceptors (Lipinski definition) is 3. The number of nitrogens with zero attached hydrogens (tertiary/aromatic N) is 3. The van der Waals surface area contributed by atoms with E-state index >= 15 is 0 Å². The van der Waals surface area contributed by atoms with Crippen LogP contribution in [-0.2, 0) is 0 Å². The summed E-state index contributed by atoms with van der Waals surface area (Å²) in [6.07, 6.45) is 1.69. The van der Waals surface area contributed by atoms with Gasteiger partial charge in [-0.15, -0.1) is 0 Å². The molecular weight excluding hydrogens is 326 g/mol. The molecule has 4 rings (SSSR count). The number of benzene rings is 2. The molecule has 26 heavy (non-hydrogen) atoms. The maximum atomic E-state index is 11.4. The summed E-state index contributed by atoms with van der Waals surface area (Å²) < 4.78 is 1.66. The number of rotatable bonds is 3. The lowest BCUT2D eigenvalue weighted by atomic mass is 10.0. The second-order valence-corrected chi connectivity index (χ2v) is 5.79. The van der Waals surface area contributed by atoms with Crippen LogP contribution in [0.1, 0.15) is 0 Å². The standard InChI is InChI=1S/C20H17N5O/c1-21-20(26)23-18-13-25-19(22-18)12-11-17(24-25)16-9-7-15(8-10-16)14-5-3-2-4-6-14/h2-13H,1H3,(H2,21,23,26). The van der Waals surface area contributed by atoms with E-state index in [-0.39, 0.29) is 6.03 Å². The van der Waals surface area contributed by atoms with E-state index in [0.717, 1.165) is 16.8 Å². The van der Waals surface area contributed by atoms with Crippen molar-refractivity contribution in [1.29, 1.82) is 0 Å². The summed E-state index contributed by atoms with van der Waals surface area (Å²) in [6, 6.07) is 22.0. The van der Waals surface area contributed by atoms with Crippen LogP contribution in [0.2, 0.25) is 0 Å². The zero-order valence-electron chi connectivity index (χ0n) is 14.2. The number of carbonyl (C=O) groups excluding carboxylic acids is 1. The van der Waals surface area contributed by atoms with E-state index in [1.165, 1.54) is 5.56 Å². The molecule has 2 aromatic carbocycles. The SMILES string of the molecule is CNC(=O)Nc1cn2nc(-c3ccc(-c4ccccc4)cc3)ccc2n1. The number of imidazole rings is 1. The van der Waals surface area contributed by atoms with Crippen LogP contribution in [0.3, 0.4) is 0 Å². The molecule has 0 radical (unpaired) electrons. The van der Waals surface area contributed by atoms with Gasteiger partial charge in [-0.05, 0) is 23.3 Å². The van der Waals surface area contributed by atoms with Gasteiger partial charge in [0.25, 0.3) is 0 Å². The van der Waals surface area contributed by atoms with E-state index in [4.69, 9.17) is 0 Å². The topological polar surface area (TPSA) is 71.3 Å². The third-order valence-corrected chi connectivity index (χ3v) is 4.08. The predicted octanol–water partition coefficient (Wildman–Crippen LogP) is 3.81. The van der Waals surface area contributed by atoms with Crippen molar-refractivity contribution in [3.8, 4) is 22.4 Å². The smallest absolute Gasteiger partial charge is 0.320 e. The molecule has 0 unspecified atom stereocenters. The van der Waals surface area contributed by atoms with Gasteiger partial charge in [-0.25, -0.2) is 14.3 Å². The summed E-state index contributed by atoms with van der Waals surface area (Å²) in [5, 5.41) is 9.72. The summed E-state index contributed by atoms with van der Waals surface area (Å²) in [5.74, 6) is 0.452. The van der Waals surface area contributed by atoms with E-state index < -0.39 is 0 Å². The fraction of sp³-hybridized carbons (Fsp3) is 0.0500. The molecule has 0 aliphatic heterocycles. The van der Waals surface area contributed by atoms with E-state index in [1.54, 1.807) is 17.8 Å². The first-order chi connectivity index (χ1) is 12.7. The lowest BCUT2D eigenvalue weighted by Gasteiger charge is -2.04. The van der Waals surface area contributed by atoms with Crippen LogP contribution in [0.15, 0.2) is 72.9 Å². The van der Waals surface area contributed by atoms with Crippen LogP contribution in [0.5, 0.6) is 0 Å². The maximum absolute atomic E-state index is 11.4. The second kappa shape index (κ2) is 6.68. The Balaban J connectivity index is 1.63. The average molecular weight is 343 g/mol. The largest absolute Gasteiger partial charge is 0.341 e. The van der Waals surface area contributed by atoms with Gasteiger partial charge in [-0.3, -0.25) is 5.32 Å². The van der Waals surface area contributed by atoms with Crippen molar-refractivity contribution in [3.63, 3.8) is 0 Å². The summed E-state index contributed by atoms with van der Waals surface area (Å²) in [5.41, 5.74) is 4.86. The van der Waals surface area contributed by atoms with Crippen LogP contribution in [0.25, 0.3) is 28.0 Å². The minimum Gasteiger partial charge on any atom is -0.341 e. The van der Waals surface area contributed by atoms with E-state index in [0.29, 0.717) is 11.5 Å². The number of anilines is 1. The first kappa shape index (κ1) is 15.8. The number of carbonyl (C=O) groups is 1. The minimum atomic E-state index is -0.315. The number of urea groups is 1. The number of hydrogen-bond donors (Lipinski definition) is 2. The third kappa shape index (κ3) is 3.12. The van der Waals surface area contributed by atoms with Gasteiger partial charge in [0, 0.05) is 12.6 Å². The molecular formula is C20H17N5O. The van der Waals surface area contributed by atoms with Crippen molar-refractivity contribution in [3.05, 3.63) is 72.9 Å². The van der Waals surface area contributed by atoms with Crippen molar-refractivity contribution in [2.45, 2.75) is 0 Å². The van der Waals surface area contributed by atoms with Gasteiger partial charge in [0.1, 0.15) is 0 Å². The Hall–Kier alpha value is -3.67. The van der Waals surface area contributed by atoms with Gasteiger partial charge in [-0.1, -0.05) is 54.6 Å². The van der Waals surface area contributed by atoms with Gasteiger partial charge in [-0.2, -0.15) is 5.10 Å². The fourth-order valence-corrected chi connectivity index (χ4v) is 2.74. The maximum Gasteiger partial charge on any atom is 0.320 e. The average Bonchev–Trinajstić information content (AvgIpc) is 3.10.